The molecule has 0 spiro atoms. The Morgan fingerprint density at radius 1 is 1.11 bits per heavy atom. The average molecular weight is 242 g/mol. The third-order valence-corrected chi connectivity index (χ3v) is 2.89. The molecule has 1 unspecified atom stereocenters. The van der Waals surface area contributed by atoms with Crippen LogP contribution in [0.4, 0.5) is 5.82 Å². The van der Waals surface area contributed by atoms with Gasteiger partial charge in [0.25, 0.3) is 0 Å². The zero-order valence-corrected chi connectivity index (χ0v) is 11.0. The lowest BCUT2D eigenvalue weighted by Crippen LogP contribution is -2.07. The molecule has 0 fully saturated rings. The van der Waals surface area contributed by atoms with Crippen LogP contribution in [0.3, 0.4) is 0 Å². The van der Waals surface area contributed by atoms with Crippen molar-refractivity contribution in [1.29, 1.82) is 0 Å². The van der Waals surface area contributed by atoms with Crippen LogP contribution in [0.2, 0.25) is 0 Å². The lowest BCUT2D eigenvalue weighted by Gasteiger charge is -2.15. The van der Waals surface area contributed by atoms with E-state index < -0.39 is 0 Å². The Balaban J connectivity index is 2.06. The molecule has 0 aliphatic heterocycles. The molecular formula is C15H18N2O. The molecule has 3 heteroatoms. The number of hydrogen-bond donors (Lipinski definition) is 1. The van der Waals surface area contributed by atoms with E-state index in [0.717, 1.165) is 17.1 Å². The quantitative estimate of drug-likeness (QED) is 0.890. The predicted molar refractivity (Wildman–Crippen MR) is 74.0 cm³/mol. The molecule has 0 aliphatic rings. The second-order valence-electron chi connectivity index (χ2n) is 4.36. The Hall–Kier alpha value is -2.03. The summed E-state index contributed by atoms with van der Waals surface area (Å²) in [7, 11) is 1.67. The first-order valence-electron chi connectivity index (χ1n) is 6.02. The molecule has 1 aromatic carbocycles. The molecule has 1 aromatic heterocycles. The smallest absolute Gasteiger partial charge is 0.126 e. The zero-order chi connectivity index (χ0) is 13.0. The second kappa shape index (κ2) is 5.54. The van der Waals surface area contributed by atoms with E-state index in [1.165, 1.54) is 5.56 Å². The Morgan fingerprint density at radius 3 is 2.39 bits per heavy atom. The first-order chi connectivity index (χ1) is 8.69. The second-order valence-corrected chi connectivity index (χ2v) is 4.36. The Morgan fingerprint density at radius 2 is 1.83 bits per heavy atom. The number of methoxy groups -OCH3 is 1. The lowest BCUT2D eigenvalue weighted by atomic mass is 10.1. The highest BCUT2D eigenvalue weighted by Gasteiger charge is 2.05. The third kappa shape index (κ3) is 3.00. The van der Waals surface area contributed by atoms with Crippen LogP contribution in [0.5, 0.6) is 5.75 Å². The van der Waals surface area contributed by atoms with Gasteiger partial charge in [0.15, 0.2) is 0 Å². The molecule has 2 rings (SSSR count). The van der Waals surface area contributed by atoms with Gasteiger partial charge in [-0.15, -0.1) is 0 Å². The molecule has 3 nitrogen and oxygen atoms in total. The van der Waals surface area contributed by atoms with Gasteiger partial charge >= 0.3 is 0 Å². The molecule has 0 saturated carbocycles. The van der Waals surface area contributed by atoms with Gasteiger partial charge in [0.05, 0.1) is 7.11 Å². The lowest BCUT2D eigenvalue weighted by molar-refractivity contribution is 0.414. The molecule has 0 radical (unpaired) electrons. The molecule has 1 heterocycles. The summed E-state index contributed by atoms with van der Waals surface area (Å²) in [6, 6.07) is 12.3. The van der Waals surface area contributed by atoms with Crippen molar-refractivity contribution in [3.05, 3.63) is 53.7 Å². The van der Waals surface area contributed by atoms with Gasteiger partial charge in [-0.3, -0.25) is 0 Å². The van der Waals surface area contributed by atoms with Crippen molar-refractivity contribution in [1.82, 2.24) is 4.98 Å². The molecular weight excluding hydrogens is 224 g/mol. The number of hydrogen-bond acceptors (Lipinski definition) is 3. The minimum atomic E-state index is 0.214. The predicted octanol–water partition coefficient (Wildman–Crippen LogP) is 3.57. The van der Waals surface area contributed by atoms with Crippen LogP contribution in [0.25, 0.3) is 0 Å². The number of pyridine rings is 1. The fourth-order valence-corrected chi connectivity index (χ4v) is 1.75. The van der Waals surface area contributed by atoms with Crippen LogP contribution in [0.1, 0.15) is 24.1 Å². The van der Waals surface area contributed by atoms with Crippen molar-refractivity contribution >= 4 is 5.82 Å². The van der Waals surface area contributed by atoms with Gasteiger partial charge in [0.1, 0.15) is 11.6 Å². The summed E-state index contributed by atoms with van der Waals surface area (Å²) in [5, 5.41) is 3.37. The fraction of sp³-hybridized carbons (Fsp3) is 0.267. The molecule has 1 N–H and O–H groups in total. The van der Waals surface area contributed by atoms with E-state index in [9.17, 15) is 0 Å². The number of ether oxygens (including phenoxy) is 1. The minimum absolute atomic E-state index is 0.214. The minimum Gasteiger partial charge on any atom is -0.497 e. The summed E-state index contributed by atoms with van der Waals surface area (Å²) in [4.78, 5) is 4.34. The van der Waals surface area contributed by atoms with Crippen LogP contribution in [-0.2, 0) is 0 Å². The third-order valence-electron chi connectivity index (χ3n) is 2.89. The maximum atomic E-state index is 5.15. The van der Waals surface area contributed by atoms with Crippen molar-refractivity contribution in [3.63, 3.8) is 0 Å². The van der Waals surface area contributed by atoms with Gasteiger partial charge in [0, 0.05) is 12.2 Å². The van der Waals surface area contributed by atoms with E-state index in [4.69, 9.17) is 4.74 Å². The van der Waals surface area contributed by atoms with E-state index in [2.05, 4.69) is 35.4 Å². The Labute approximate surface area is 108 Å². The molecule has 18 heavy (non-hydrogen) atoms. The summed E-state index contributed by atoms with van der Waals surface area (Å²) in [5.74, 6) is 1.77. The van der Waals surface area contributed by atoms with Crippen LogP contribution in [0.15, 0.2) is 42.6 Å². The maximum Gasteiger partial charge on any atom is 0.126 e. The number of anilines is 1. The molecule has 0 amide bonds. The van der Waals surface area contributed by atoms with Crippen molar-refractivity contribution in [2.75, 3.05) is 12.4 Å². The van der Waals surface area contributed by atoms with Crippen molar-refractivity contribution in [3.8, 4) is 5.75 Å². The summed E-state index contributed by atoms with van der Waals surface area (Å²) < 4.78 is 5.15. The number of nitrogens with zero attached hydrogens (tertiary/aromatic N) is 1. The van der Waals surface area contributed by atoms with Gasteiger partial charge < -0.3 is 10.1 Å². The normalized spacial score (nSPS) is 11.9. The van der Waals surface area contributed by atoms with Crippen LogP contribution < -0.4 is 10.1 Å². The van der Waals surface area contributed by atoms with E-state index in [1.807, 2.05) is 31.3 Å². The number of benzene rings is 1. The van der Waals surface area contributed by atoms with E-state index in [0.29, 0.717) is 0 Å². The topological polar surface area (TPSA) is 34.1 Å². The van der Waals surface area contributed by atoms with Crippen molar-refractivity contribution in [2.24, 2.45) is 0 Å². The fourth-order valence-electron chi connectivity index (χ4n) is 1.75. The summed E-state index contributed by atoms with van der Waals surface area (Å²) in [6.07, 6.45) is 1.86. The standard InChI is InChI=1S/C15H18N2O/c1-11-4-9-15(16-10-11)17-12(2)13-5-7-14(18-3)8-6-13/h4-10,12H,1-3H3,(H,16,17). The van der Waals surface area contributed by atoms with Gasteiger partial charge in [-0.25, -0.2) is 4.98 Å². The highest BCUT2D eigenvalue weighted by Crippen LogP contribution is 2.20. The highest BCUT2D eigenvalue weighted by atomic mass is 16.5. The Kier molecular flexibility index (Phi) is 3.82. The number of aromatic nitrogens is 1. The zero-order valence-electron chi connectivity index (χ0n) is 11.0. The first-order valence-corrected chi connectivity index (χ1v) is 6.02. The molecule has 94 valence electrons. The van der Waals surface area contributed by atoms with E-state index in [-0.39, 0.29) is 6.04 Å². The van der Waals surface area contributed by atoms with Gasteiger partial charge in [-0.1, -0.05) is 18.2 Å². The van der Waals surface area contributed by atoms with Gasteiger partial charge in [-0.05, 0) is 43.2 Å². The molecule has 0 saturated heterocycles. The van der Waals surface area contributed by atoms with Gasteiger partial charge in [-0.2, -0.15) is 0 Å². The molecule has 1 atom stereocenters. The van der Waals surface area contributed by atoms with Gasteiger partial charge in [0.2, 0.25) is 0 Å². The van der Waals surface area contributed by atoms with Crippen molar-refractivity contribution < 1.29 is 4.74 Å². The number of aryl methyl sites for hydroxylation is 1. The molecule has 0 bridgehead atoms. The Bertz CT molecular complexity index is 491. The van der Waals surface area contributed by atoms with Crippen LogP contribution in [-0.4, -0.2) is 12.1 Å². The molecule has 0 aliphatic carbocycles. The van der Waals surface area contributed by atoms with Crippen LogP contribution >= 0.6 is 0 Å². The molecule has 2 aromatic rings. The monoisotopic (exact) mass is 242 g/mol. The van der Waals surface area contributed by atoms with E-state index in [1.54, 1.807) is 7.11 Å². The van der Waals surface area contributed by atoms with E-state index >= 15 is 0 Å². The largest absolute Gasteiger partial charge is 0.497 e. The summed E-state index contributed by atoms with van der Waals surface area (Å²) in [6.45, 7) is 4.15. The summed E-state index contributed by atoms with van der Waals surface area (Å²) >= 11 is 0. The maximum absolute atomic E-state index is 5.15. The number of rotatable bonds is 4. The first kappa shape index (κ1) is 12.4. The highest BCUT2D eigenvalue weighted by molar-refractivity contribution is 5.39. The average Bonchev–Trinajstić information content (AvgIpc) is 2.41. The summed E-state index contributed by atoms with van der Waals surface area (Å²) in [5.41, 5.74) is 2.37. The SMILES string of the molecule is COc1ccc(C(C)Nc2ccc(C)cn2)cc1. The van der Waals surface area contributed by atoms with Crippen molar-refractivity contribution in [2.45, 2.75) is 19.9 Å². The van der Waals surface area contributed by atoms with Crippen LogP contribution in [0, 0.1) is 6.92 Å². The number of nitrogens with one attached hydrogen (secondary N) is 1.